The van der Waals surface area contributed by atoms with Crippen LogP contribution in [0.15, 0.2) is 60.7 Å². The zero-order valence-corrected chi connectivity index (χ0v) is 18.5. The van der Waals surface area contributed by atoms with Crippen molar-refractivity contribution < 1.29 is 32.8 Å². The third kappa shape index (κ3) is 5.45. The quantitative estimate of drug-likeness (QED) is 0.383. The first kappa shape index (κ1) is 22.4. The van der Waals surface area contributed by atoms with Crippen LogP contribution in [0.3, 0.4) is 0 Å². The van der Waals surface area contributed by atoms with Crippen molar-refractivity contribution in [1.29, 1.82) is 0 Å². The summed E-state index contributed by atoms with van der Waals surface area (Å²) in [4.78, 5) is 23.2. The van der Waals surface area contributed by atoms with Crippen LogP contribution in [0.2, 0.25) is 0 Å². The fourth-order valence-electron chi connectivity index (χ4n) is 3.08. The predicted octanol–water partition coefficient (Wildman–Crippen LogP) is 5.11. The van der Waals surface area contributed by atoms with Crippen molar-refractivity contribution in [3.8, 4) is 23.0 Å². The molecule has 0 bridgehead atoms. The molecule has 162 valence electrons. The average molecular weight is 442 g/mol. The molecule has 0 heterocycles. The molecule has 0 saturated heterocycles. The summed E-state index contributed by atoms with van der Waals surface area (Å²) in [5.74, 6) is 1.14. The van der Waals surface area contributed by atoms with E-state index in [9.17, 15) is 14.3 Å². The van der Waals surface area contributed by atoms with Gasteiger partial charge in [0.1, 0.15) is 23.0 Å². The number of carbonyl (C=O) groups excluding carboxylic acids is 1. The van der Waals surface area contributed by atoms with Crippen LogP contribution in [0.4, 0.5) is 0 Å². The third-order valence-corrected chi connectivity index (χ3v) is 5.36. The fraction of sp³-hybridized carbons (Fsp3) is 0.174. The van der Waals surface area contributed by atoms with E-state index in [1.54, 1.807) is 74.5 Å². The standard InChI is InChI=1S/C23H23O7P/c1-15-10-17(22(24)18-12-20(27-3)14-21(13-18)28-4)11-16(2)23(15)30-31(25,26)29-19-8-6-5-7-9-19/h5-14H,1-4H3,(H,25,26). The van der Waals surface area contributed by atoms with E-state index in [-0.39, 0.29) is 17.3 Å². The van der Waals surface area contributed by atoms with Crippen LogP contribution in [0.1, 0.15) is 27.0 Å². The molecule has 1 atom stereocenters. The smallest absolute Gasteiger partial charge is 0.497 e. The normalized spacial score (nSPS) is 12.5. The summed E-state index contributed by atoms with van der Waals surface area (Å²) in [6.45, 7) is 3.38. The first-order chi connectivity index (χ1) is 14.7. The first-order valence-electron chi connectivity index (χ1n) is 9.38. The molecule has 1 N–H and O–H groups in total. The minimum atomic E-state index is -4.43. The Morgan fingerprint density at radius 1 is 0.774 bits per heavy atom. The van der Waals surface area contributed by atoms with Crippen LogP contribution >= 0.6 is 7.82 Å². The molecular formula is C23H23O7P. The number of hydrogen-bond donors (Lipinski definition) is 1. The van der Waals surface area contributed by atoms with E-state index in [2.05, 4.69) is 0 Å². The lowest BCUT2D eigenvalue weighted by Crippen LogP contribution is -2.06. The molecule has 3 aromatic carbocycles. The second kappa shape index (κ2) is 9.25. The Hall–Kier alpha value is -3.28. The number of para-hydroxylation sites is 1. The lowest BCUT2D eigenvalue weighted by Gasteiger charge is -2.18. The lowest BCUT2D eigenvalue weighted by atomic mass is 9.98. The minimum absolute atomic E-state index is 0.182. The maximum atomic E-state index is 13.0. The number of ketones is 1. The Balaban J connectivity index is 1.88. The van der Waals surface area contributed by atoms with Gasteiger partial charge in [0, 0.05) is 17.2 Å². The van der Waals surface area contributed by atoms with Gasteiger partial charge in [-0.15, -0.1) is 0 Å². The van der Waals surface area contributed by atoms with Gasteiger partial charge in [0.25, 0.3) is 0 Å². The van der Waals surface area contributed by atoms with Crippen LogP contribution in [0, 0.1) is 13.8 Å². The lowest BCUT2D eigenvalue weighted by molar-refractivity contribution is 0.103. The summed E-state index contributed by atoms with van der Waals surface area (Å²) >= 11 is 0. The molecule has 0 aliphatic carbocycles. The molecule has 3 aromatic rings. The number of benzene rings is 3. The van der Waals surface area contributed by atoms with E-state index >= 15 is 0 Å². The van der Waals surface area contributed by atoms with Crippen molar-refractivity contribution in [2.75, 3.05) is 14.2 Å². The molecule has 0 aliphatic heterocycles. The van der Waals surface area contributed by atoms with Gasteiger partial charge in [-0.25, -0.2) is 4.57 Å². The number of ether oxygens (including phenoxy) is 2. The summed E-state index contributed by atoms with van der Waals surface area (Å²) in [5.41, 5.74) is 1.83. The van der Waals surface area contributed by atoms with E-state index in [0.717, 1.165) is 0 Å². The van der Waals surface area contributed by atoms with Crippen molar-refractivity contribution in [1.82, 2.24) is 0 Å². The molecule has 0 fully saturated rings. The third-order valence-electron chi connectivity index (χ3n) is 4.51. The fourth-order valence-corrected chi connectivity index (χ4v) is 4.02. The van der Waals surface area contributed by atoms with Crippen LogP contribution in [0.25, 0.3) is 0 Å². The van der Waals surface area contributed by atoms with E-state index in [1.807, 2.05) is 0 Å². The Bertz CT molecular complexity index is 1100. The largest absolute Gasteiger partial charge is 0.584 e. The number of hydrogen-bond acceptors (Lipinski definition) is 6. The topological polar surface area (TPSA) is 91.3 Å². The summed E-state index contributed by atoms with van der Waals surface area (Å²) in [7, 11) is -1.41. The molecule has 0 aliphatic rings. The van der Waals surface area contributed by atoms with Gasteiger partial charge in [0.15, 0.2) is 5.78 Å². The monoisotopic (exact) mass is 442 g/mol. The summed E-state index contributed by atoms with van der Waals surface area (Å²) in [6.07, 6.45) is 0. The highest BCUT2D eigenvalue weighted by molar-refractivity contribution is 7.48. The minimum Gasteiger partial charge on any atom is -0.497 e. The SMILES string of the molecule is COc1cc(OC)cc(C(=O)c2cc(C)c(OP(=O)(O)Oc3ccccc3)c(C)c2)c1. The van der Waals surface area contributed by atoms with Crippen molar-refractivity contribution in [3.05, 3.63) is 82.9 Å². The molecule has 3 rings (SSSR count). The average Bonchev–Trinajstić information content (AvgIpc) is 2.75. The van der Waals surface area contributed by atoms with Crippen LogP contribution in [-0.4, -0.2) is 24.9 Å². The highest BCUT2D eigenvalue weighted by atomic mass is 31.2. The Labute approximate surface area is 180 Å². The van der Waals surface area contributed by atoms with Gasteiger partial charge in [-0.3, -0.25) is 9.69 Å². The van der Waals surface area contributed by atoms with Gasteiger partial charge < -0.3 is 18.5 Å². The molecule has 1 unspecified atom stereocenters. The Morgan fingerprint density at radius 2 is 1.29 bits per heavy atom. The molecular weight excluding hydrogens is 419 g/mol. The van der Waals surface area contributed by atoms with E-state index < -0.39 is 7.82 Å². The molecule has 0 amide bonds. The van der Waals surface area contributed by atoms with Gasteiger partial charge in [-0.1, -0.05) is 18.2 Å². The summed E-state index contributed by atoms with van der Waals surface area (Å²) < 4.78 is 33.3. The zero-order valence-electron chi connectivity index (χ0n) is 17.6. The van der Waals surface area contributed by atoms with Crippen molar-refractivity contribution in [2.45, 2.75) is 13.8 Å². The predicted molar refractivity (Wildman–Crippen MR) is 116 cm³/mol. The van der Waals surface area contributed by atoms with E-state index in [4.69, 9.17) is 18.5 Å². The molecule has 0 radical (unpaired) electrons. The van der Waals surface area contributed by atoms with Gasteiger partial charge in [0.05, 0.1) is 14.2 Å². The van der Waals surface area contributed by atoms with Gasteiger partial charge in [-0.2, -0.15) is 0 Å². The van der Waals surface area contributed by atoms with Gasteiger partial charge in [0.2, 0.25) is 0 Å². The maximum Gasteiger partial charge on any atom is 0.584 e. The second-order valence-electron chi connectivity index (χ2n) is 6.83. The molecule has 0 aromatic heterocycles. The summed E-state index contributed by atoms with van der Waals surface area (Å²) in [5, 5.41) is 0. The number of rotatable bonds is 8. The molecule has 31 heavy (non-hydrogen) atoms. The number of methoxy groups -OCH3 is 2. The number of phosphoric ester groups is 1. The molecule has 0 saturated carbocycles. The molecule has 7 nitrogen and oxygen atoms in total. The number of aryl methyl sites for hydroxylation is 2. The Kier molecular flexibility index (Phi) is 6.68. The van der Waals surface area contributed by atoms with E-state index in [1.165, 1.54) is 14.2 Å². The first-order valence-corrected chi connectivity index (χ1v) is 10.9. The van der Waals surface area contributed by atoms with Crippen molar-refractivity contribution >= 4 is 13.6 Å². The van der Waals surface area contributed by atoms with Crippen molar-refractivity contribution in [3.63, 3.8) is 0 Å². The van der Waals surface area contributed by atoms with Gasteiger partial charge in [-0.05, 0) is 61.4 Å². The zero-order chi connectivity index (χ0) is 22.6. The summed E-state index contributed by atoms with van der Waals surface area (Å²) in [6, 6.07) is 16.3. The van der Waals surface area contributed by atoms with Crippen LogP contribution in [-0.2, 0) is 4.57 Å². The highest BCUT2D eigenvalue weighted by Crippen LogP contribution is 2.46. The maximum absolute atomic E-state index is 13.0. The number of phosphoric acid groups is 1. The van der Waals surface area contributed by atoms with Crippen molar-refractivity contribution in [2.24, 2.45) is 0 Å². The Morgan fingerprint density at radius 3 is 1.81 bits per heavy atom. The van der Waals surface area contributed by atoms with E-state index in [0.29, 0.717) is 33.8 Å². The van der Waals surface area contributed by atoms with Crippen LogP contribution in [0.5, 0.6) is 23.0 Å². The van der Waals surface area contributed by atoms with Gasteiger partial charge >= 0.3 is 7.82 Å². The number of carbonyl (C=O) groups is 1. The molecule has 0 spiro atoms. The second-order valence-corrected chi connectivity index (χ2v) is 8.14. The molecule has 8 heteroatoms. The van der Waals surface area contributed by atoms with Crippen LogP contribution < -0.4 is 18.5 Å². The highest BCUT2D eigenvalue weighted by Gasteiger charge is 2.27.